The average Bonchev–Trinajstić information content (AvgIpc) is 2.70. The van der Waals surface area contributed by atoms with Crippen molar-refractivity contribution in [2.75, 3.05) is 28.4 Å². The van der Waals surface area contributed by atoms with Crippen molar-refractivity contribution in [1.82, 2.24) is 4.98 Å². The first-order valence-electron chi connectivity index (χ1n) is 8.33. The van der Waals surface area contributed by atoms with Crippen molar-refractivity contribution in [3.63, 3.8) is 0 Å². The third-order valence-electron chi connectivity index (χ3n) is 4.38. The van der Waals surface area contributed by atoms with Gasteiger partial charge in [-0.05, 0) is 43.3 Å². The van der Waals surface area contributed by atoms with Crippen LogP contribution in [0.4, 0.5) is 0 Å². The minimum atomic E-state index is -0.0589. The molecule has 6 heteroatoms. The molecular weight excluding hydrogens is 346 g/mol. The second-order valence-electron chi connectivity index (χ2n) is 5.88. The molecule has 0 atom stereocenters. The van der Waals surface area contributed by atoms with Gasteiger partial charge in [-0.1, -0.05) is 0 Å². The van der Waals surface area contributed by atoms with Crippen molar-refractivity contribution in [2.24, 2.45) is 0 Å². The molecule has 0 N–H and O–H groups in total. The van der Waals surface area contributed by atoms with E-state index in [1.54, 1.807) is 40.6 Å². The molecule has 1 heterocycles. The molecule has 0 spiro atoms. The van der Waals surface area contributed by atoms with Gasteiger partial charge in [-0.15, -0.1) is 0 Å². The first-order chi connectivity index (χ1) is 13.0. The molecule has 0 saturated carbocycles. The highest BCUT2D eigenvalue weighted by atomic mass is 16.5. The van der Waals surface area contributed by atoms with Crippen molar-refractivity contribution in [1.29, 1.82) is 0 Å². The Morgan fingerprint density at radius 3 is 2.19 bits per heavy atom. The number of hydrogen-bond acceptors (Lipinski definition) is 6. The topological polar surface area (TPSA) is 66.9 Å². The number of aromatic nitrogens is 1. The third kappa shape index (κ3) is 3.26. The standard InChI is InChI=1S/C21H21NO5/c1-12(23)15-11-18(22-17-8-6-13(24-2)10-16(15)17)14-7-9-19(25-3)21(27-5)20(14)26-4/h6-11H,1-5H3. The SMILES string of the molecule is COc1ccc2nc(-c3ccc(OC)c(OC)c3OC)cc(C(C)=O)c2c1. The van der Waals surface area contributed by atoms with Crippen LogP contribution in [0.25, 0.3) is 22.2 Å². The Labute approximate surface area is 157 Å². The summed E-state index contributed by atoms with van der Waals surface area (Å²) >= 11 is 0. The van der Waals surface area contributed by atoms with E-state index in [4.69, 9.17) is 23.9 Å². The Balaban J connectivity index is 2.31. The predicted molar refractivity (Wildman–Crippen MR) is 103 cm³/mol. The van der Waals surface area contributed by atoms with Gasteiger partial charge in [-0.3, -0.25) is 4.79 Å². The number of ether oxygens (including phenoxy) is 4. The lowest BCUT2D eigenvalue weighted by Gasteiger charge is -2.16. The summed E-state index contributed by atoms with van der Waals surface area (Å²) in [6, 6.07) is 10.8. The number of Topliss-reactive ketones (excluding diaryl/α,β-unsaturated/α-hetero) is 1. The van der Waals surface area contributed by atoms with Gasteiger partial charge in [-0.2, -0.15) is 0 Å². The van der Waals surface area contributed by atoms with Crippen molar-refractivity contribution >= 4 is 16.7 Å². The van der Waals surface area contributed by atoms with Crippen LogP contribution >= 0.6 is 0 Å². The fourth-order valence-electron chi connectivity index (χ4n) is 3.06. The number of pyridine rings is 1. The Morgan fingerprint density at radius 2 is 1.59 bits per heavy atom. The van der Waals surface area contributed by atoms with E-state index >= 15 is 0 Å². The Morgan fingerprint density at radius 1 is 0.852 bits per heavy atom. The zero-order chi connectivity index (χ0) is 19.6. The normalized spacial score (nSPS) is 10.6. The first kappa shape index (κ1) is 18.5. The van der Waals surface area contributed by atoms with Crippen LogP contribution in [0.3, 0.4) is 0 Å². The van der Waals surface area contributed by atoms with Crippen LogP contribution < -0.4 is 18.9 Å². The second kappa shape index (κ2) is 7.53. The lowest BCUT2D eigenvalue weighted by atomic mass is 10.0. The van der Waals surface area contributed by atoms with Crippen LogP contribution in [0.5, 0.6) is 23.0 Å². The van der Waals surface area contributed by atoms with Gasteiger partial charge < -0.3 is 18.9 Å². The molecule has 0 unspecified atom stereocenters. The lowest BCUT2D eigenvalue weighted by Crippen LogP contribution is -2.01. The van der Waals surface area contributed by atoms with Gasteiger partial charge in [0.15, 0.2) is 17.3 Å². The molecule has 0 radical (unpaired) electrons. The molecular formula is C21H21NO5. The molecule has 0 aliphatic heterocycles. The fraction of sp³-hybridized carbons (Fsp3) is 0.238. The molecule has 0 amide bonds. The molecule has 140 valence electrons. The van der Waals surface area contributed by atoms with Crippen LogP contribution in [0.2, 0.25) is 0 Å². The number of carbonyl (C=O) groups is 1. The largest absolute Gasteiger partial charge is 0.497 e. The van der Waals surface area contributed by atoms with E-state index in [-0.39, 0.29) is 5.78 Å². The van der Waals surface area contributed by atoms with Gasteiger partial charge in [0.25, 0.3) is 0 Å². The third-order valence-corrected chi connectivity index (χ3v) is 4.38. The summed E-state index contributed by atoms with van der Waals surface area (Å²) in [5, 5.41) is 0.741. The number of hydrogen-bond donors (Lipinski definition) is 0. The molecule has 1 aromatic heterocycles. The molecule has 6 nitrogen and oxygen atoms in total. The lowest BCUT2D eigenvalue weighted by molar-refractivity contribution is 0.101. The van der Waals surface area contributed by atoms with E-state index in [0.717, 1.165) is 5.39 Å². The van der Waals surface area contributed by atoms with E-state index in [0.29, 0.717) is 45.3 Å². The predicted octanol–water partition coefficient (Wildman–Crippen LogP) is 4.14. The van der Waals surface area contributed by atoms with E-state index in [9.17, 15) is 4.79 Å². The van der Waals surface area contributed by atoms with Gasteiger partial charge in [0.1, 0.15) is 5.75 Å². The summed E-state index contributed by atoms with van der Waals surface area (Å²) < 4.78 is 21.6. The molecule has 0 fully saturated rings. The Bertz CT molecular complexity index is 1010. The molecule has 0 bridgehead atoms. The summed E-state index contributed by atoms with van der Waals surface area (Å²) in [5.41, 5.74) is 2.56. The van der Waals surface area contributed by atoms with Crippen molar-refractivity contribution in [3.8, 4) is 34.3 Å². The molecule has 2 aromatic carbocycles. The second-order valence-corrected chi connectivity index (χ2v) is 5.88. The van der Waals surface area contributed by atoms with Gasteiger partial charge in [0.2, 0.25) is 5.75 Å². The van der Waals surface area contributed by atoms with Crippen LogP contribution in [-0.4, -0.2) is 39.2 Å². The minimum absolute atomic E-state index is 0.0589. The van der Waals surface area contributed by atoms with Crippen molar-refractivity contribution < 1.29 is 23.7 Å². The summed E-state index contributed by atoms with van der Waals surface area (Å²) in [6.45, 7) is 1.53. The highest BCUT2D eigenvalue weighted by Gasteiger charge is 2.20. The molecule has 0 aliphatic carbocycles. The molecule has 27 heavy (non-hydrogen) atoms. The maximum Gasteiger partial charge on any atom is 0.203 e. The summed E-state index contributed by atoms with van der Waals surface area (Å²) in [7, 11) is 6.25. The van der Waals surface area contributed by atoms with Gasteiger partial charge >= 0.3 is 0 Å². The van der Waals surface area contributed by atoms with Crippen LogP contribution in [0, 0.1) is 0 Å². The first-order valence-corrected chi connectivity index (χ1v) is 8.33. The molecule has 0 aliphatic rings. The number of fused-ring (bicyclic) bond motifs is 1. The molecule has 3 rings (SSSR count). The Kier molecular flexibility index (Phi) is 5.16. The number of ketones is 1. The van der Waals surface area contributed by atoms with Crippen molar-refractivity contribution in [2.45, 2.75) is 6.92 Å². The van der Waals surface area contributed by atoms with E-state index in [1.165, 1.54) is 6.92 Å². The quantitative estimate of drug-likeness (QED) is 0.610. The highest BCUT2D eigenvalue weighted by molar-refractivity contribution is 6.07. The van der Waals surface area contributed by atoms with E-state index in [1.807, 2.05) is 24.3 Å². The number of benzene rings is 2. The van der Waals surface area contributed by atoms with Crippen LogP contribution in [0.15, 0.2) is 36.4 Å². The number of nitrogens with zero attached hydrogens (tertiary/aromatic N) is 1. The maximum atomic E-state index is 12.3. The summed E-state index contributed by atoms with van der Waals surface area (Å²) in [5.74, 6) is 2.13. The molecule has 3 aromatic rings. The Hall–Kier alpha value is -3.28. The van der Waals surface area contributed by atoms with Gasteiger partial charge in [-0.25, -0.2) is 4.98 Å². The monoisotopic (exact) mass is 367 g/mol. The number of rotatable bonds is 6. The summed E-state index contributed by atoms with van der Waals surface area (Å²) in [6.07, 6.45) is 0. The highest BCUT2D eigenvalue weighted by Crippen LogP contribution is 2.44. The molecule has 0 saturated heterocycles. The number of carbonyl (C=O) groups excluding carboxylic acids is 1. The minimum Gasteiger partial charge on any atom is -0.497 e. The summed E-state index contributed by atoms with van der Waals surface area (Å²) in [4.78, 5) is 17.0. The van der Waals surface area contributed by atoms with Crippen LogP contribution in [0.1, 0.15) is 17.3 Å². The van der Waals surface area contributed by atoms with Gasteiger partial charge in [0, 0.05) is 16.5 Å². The van der Waals surface area contributed by atoms with Gasteiger partial charge in [0.05, 0.1) is 39.6 Å². The fourth-order valence-corrected chi connectivity index (χ4v) is 3.06. The van der Waals surface area contributed by atoms with Crippen molar-refractivity contribution in [3.05, 3.63) is 42.0 Å². The van der Waals surface area contributed by atoms with E-state index in [2.05, 4.69) is 0 Å². The maximum absolute atomic E-state index is 12.3. The zero-order valence-corrected chi connectivity index (χ0v) is 16.0. The number of methoxy groups -OCH3 is 4. The average molecular weight is 367 g/mol. The zero-order valence-electron chi connectivity index (χ0n) is 16.0. The van der Waals surface area contributed by atoms with E-state index < -0.39 is 0 Å². The smallest absolute Gasteiger partial charge is 0.203 e. The van der Waals surface area contributed by atoms with Crippen LogP contribution in [-0.2, 0) is 0 Å².